The Kier molecular flexibility index (Phi) is 14.1. The summed E-state index contributed by atoms with van der Waals surface area (Å²) in [4.78, 5) is 60.3. The molecule has 9 heterocycles. The lowest BCUT2D eigenvalue weighted by molar-refractivity contribution is -0.142. The van der Waals surface area contributed by atoms with Gasteiger partial charge in [-0.25, -0.2) is 4.39 Å². The molecular weight excluding hydrogens is 1090 g/mol. The number of aliphatic hydroxyl groups excluding tert-OH is 2. The maximum absolute atomic E-state index is 17.3. The first-order valence-electron chi connectivity index (χ1n) is 29.7. The molecule has 5 aromatic heterocycles. The minimum atomic E-state index is -1.09. The molecule has 21 nitrogen and oxygen atoms in total. The van der Waals surface area contributed by atoms with Gasteiger partial charge < -0.3 is 49.8 Å². The van der Waals surface area contributed by atoms with Gasteiger partial charge in [0, 0.05) is 97.0 Å². The number of aryl methyl sites for hydroxylation is 2. The van der Waals surface area contributed by atoms with E-state index in [1.54, 1.807) is 12.3 Å². The summed E-state index contributed by atoms with van der Waals surface area (Å²) in [5, 5.41) is 46.8. The lowest BCUT2D eigenvalue weighted by atomic mass is 9.89. The molecular formula is C63H68FN13O8. The maximum Gasteiger partial charge on any atom is 0.319 e. The molecule has 5 aliphatic rings. The average molecular weight is 1150 g/mol. The van der Waals surface area contributed by atoms with Gasteiger partial charge in [-0.15, -0.1) is 0 Å². The first-order valence-corrected chi connectivity index (χ1v) is 29.7. The molecule has 6 atom stereocenters. The van der Waals surface area contributed by atoms with Crippen LogP contribution in [-0.2, 0) is 27.5 Å². The molecule has 1 saturated carbocycles. The van der Waals surface area contributed by atoms with Crippen molar-refractivity contribution in [2.24, 2.45) is 5.92 Å². The number of aliphatic hydroxyl groups is 2. The zero-order valence-electron chi connectivity index (χ0n) is 47.8. The summed E-state index contributed by atoms with van der Waals surface area (Å²) in [6.45, 7) is 10.5. The number of halogens is 1. The number of β-amino-alcohol motifs (C(OH)–C–C–N with tert-alkyl or cyclic N) is 1. The number of aromatic nitrogens is 9. The van der Waals surface area contributed by atoms with E-state index in [-0.39, 0.29) is 65.5 Å². The predicted octanol–water partition coefficient (Wildman–Crippen LogP) is 7.27. The van der Waals surface area contributed by atoms with Crippen molar-refractivity contribution in [2.75, 3.05) is 44.4 Å². The van der Waals surface area contributed by atoms with Gasteiger partial charge in [0.05, 0.1) is 54.9 Å². The van der Waals surface area contributed by atoms with Crippen molar-refractivity contribution >= 4 is 61.2 Å². The molecule has 2 amide bonds. The highest BCUT2D eigenvalue weighted by Crippen LogP contribution is 2.53. The van der Waals surface area contributed by atoms with E-state index in [0.29, 0.717) is 61.0 Å². The summed E-state index contributed by atoms with van der Waals surface area (Å²) >= 11 is 0. The van der Waals surface area contributed by atoms with Crippen molar-refractivity contribution in [1.82, 2.24) is 60.2 Å². The third kappa shape index (κ3) is 9.91. The van der Waals surface area contributed by atoms with E-state index >= 15 is 4.39 Å². The Hall–Kier alpha value is -8.31. The Bertz CT molecular complexity index is 4130. The van der Waals surface area contributed by atoms with Crippen LogP contribution < -0.4 is 30.6 Å². The Morgan fingerprint density at radius 1 is 0.941 bits per heavy atom. The standard InChI is InChI=1S/C63H68FN13O8/c1-5-76-50(14-17-67-76)37-11-9-36(10-12-37)49(30-78)69-60(80)51-23-40(79)28-75(51)62(82)57(32(2)3)77-29-45-53-46(64)20-34(21-48(53)68-61(81)56(45)73-77)31-84-58-54(52-33(4)6-13-47-44(52)26-66-72-47)42(35-7-8-35)24-43-55(58)70-63(85-41-15-18-83-19-16-41)71-59(43)74-27-38-22-39(74)25-65-38/h6,9-14,17,20-21,24,26,29,32,35,38-41,49,51,57,65,78-79H,5,7-8,15-16,18-19,22-23,25,27-28,30-31H2,1-4H3,(H,66,72)(H,68,81)(H,69,80)/t38-,39-,40+,49-,51-,57-/m0/s1. The summed E-state index contributed by atoms with van der Waals surface area (Å²) < 4.78 is 40.0. The molecule has 0 spiro atoms. The van der Waals surface area contributed by atoms with Crippen LogP contribution in [0.2, 0.25) is 0 Å². The van der Waals surface area contributed by atoms with Gasteiger partial charge in [-0.3, -0.25) is 28.8 Å². The number of carbonyl (C=O) groups is 2. The van der Waals surface area contributed by atoms with Gasteiger partial charge >= 0.3 is 6.01 Å². The average Bonchev–Trinajstić information content (AvgIpc) is 3.87. The van der Waals surface area contributed by atoms with Gasteiger partial charge in [0.25, 0.3) is 5.56 Å². The third-order valence-corrected chi connectivity index (χ3v) is 18.0. The quantitative estimate of drug-likeness (QED) is 0.0524. The zero-order valence-corrected chi connectivity index (χ0v) is 47.8. The van der Waals surface area contributed by atoms with E-state index in [2.05, 4.69) is 60.0 Å². The van der Waals surface area contributed by atoms with Crippen molar-refractivity contribution < 1.29 is 38.4 Å². The highest BCUT2D eigenvalue weighted by atomic mass is 19.1. The van der Waals surface area contributed by atoms with Gasteiger partial charge in [-0.1, -0.05) is 44.2 Å². The normalized spacial score (nSPS) is 20.7. The van der Waals surface area contributed by atoms with Crippen molar-refractivity contribution in [3.05, 3.63) is 118 Å². The van der Waals surface area contributed by atoms with E-state index in [0.717, 1.165) is 88.0 Å². The Morgan fingerprint density at radius 3 is 2.51 bits per heavy atom. The maximum atomic E-state index is 17.3. The summed E-state index contributed by atoms with van der Waals surface area (Å²) in [6, 6.07) is 16.7. The number of benzene rings is 4. The number of ether oxygens (including phenoxy) is 3. The van der Waals surface area contributed by atoms with Crippen LogP contribution in [0.4, 0.5) is 10.2 Å². The number of nitrogens with zero attached hydrogens (tertiary/aromatic N) is 9. The molecule has 0 unspecified atom stereocenters. The van der Waals surface area contributed by atoms with Crippen molar-refractivity contribution in [3.8, 4) is 34.1 Å². The van der Waals surface area contributed by atoms with Crippen LogP contribution in [0.15, 0.2) is 84.0 Å². The van der Waals surface area contributed by atoms with E-state index in [9.17, 15) is 24.6 Å². The highest BCUT2D eigenvalue weighted by molar-refractivity contribution is 6.07. The lowest BCUT2D eigenvalue weighted by Crippen LogP contribution is -2.50. The minimum absolute atomic E-state index is 0.0368. The molecule has 4 saturated heterocycles. The highest BCUT2D eigenvalue weighted by Gasteiger charge is 2.44. The molecule has 4 aliphatic heterocycles. The molecule has 5 fully saturated rings. The molecule has 9 aromatic rings. The van der Waals surface area contributed by atoms with Gasteiger partial charge in [0.1, 0.15) is 41.9 Å². The van der Waals surface area contributed by atoms with E-state index in [4.69, 9.17) is 24.2 Å². The smallest absolute Gasteiger partial charge is 0.319 e. The summed E-state index contributed by atoms with van der Waals surface area (Å²) in [6.07, 6.45) is 8.29. The van der Waals surface area contributed by atoms with Crippen LogP contribution >= 0.6 is 0 Å². The number of anilines is 1. The molecule has 1 aliphatic carbocycles. The number of piperazine rings is 1. The second-order valence-electron chi connectivity index (χ2n) is 23.9. The summed E-state index contributed by atoms with van der Waals surface area (Å²) in [5.41, 5.74) is 7.87. The van der Waals surface area contributed by atoms with E-state index < -0.39 is 59.9 Å². The topological polar surface area (TPSA) is 256 Å². The van der Waals surface area contributed by atoms with Gasteiger partial charge in [-0.2, -0.15) is 25.3 Å². The first kappa shape index (κ1) is 54.6. The third-order valence-electron chi connectivity index (χ3n) is 18.0. The monoisotopic (exact) mass is 1150 g/mol. The van der Waals surface area contributed by atoms with Crippen LogP contribution in [0.3, 0.4) is 0 Å². The predicted molar refractivity (Wildman–Crippen MR) is 317 cm³/mol. The number of carbonyl (C=O) groups excluding carboxylic acids is 2. The van der Waals surface area contributed by atoms with Crippen molar-refractivity contribution in [1.29, 1.82) is 0 Å². The summed E-state index contributed by atoms with van der Waals surface area (Å²) in [5.74, 6) is -0.596. The zero-order chi connectivity index (χ0) is 58.4. The van der Waals surface area contributed by atoms with Crippen molar-refractivity contribution in [2.45, 2.75) is 128 Å². The van der Waals surface area contributed by atoms with E-state index in [1.807, 2.05) is 68.0 Å². The number of pyridine rings is 1. The van der Waals surface area contributed by atoms with Crippen LogP contribution in [0.25, 0.3) is 66.0 Å². The molecule has 6 N–H and O–H groups in total. The SMILES string of the molecule is CCn1nccc1-c1ccc([C@H](CO)NC(=O)[C@@H]2C[C@@H](O)CN2C(=O)[C@H](C(C)C)n2cc3c(n2)c(=O)[nH]c2cc(COc4c(-c5c(C)ccc6[nH]ncc56)c(C5CC5)cc5c(N6C[C@@H]7C[C@H]6CN7)nc(OC6CCOCC6)nc45)cc(F)c23)cc1. The summed E-state index contributed by atoms with van der Waals surface area (Å²) in [7, 11) is 0. The van der Waals surface area contributed by atoms with Crippen molar-refractivity contribution in [3.63, 3.8) is 0 Å². The Morgan fingerprint density at radius 2 is 1.76 bits per heavy atom. The number of amides is 2. The fourth-order valence-electron chi connectivity index (χ4n) is 13.6. The molecule has 14 rings (SSSR count). The van der Waals surface area contributed by atoms with Crippen LogP contribution in [0.1, 0.15) is 99.6 Å². The second-order valence-corrected chi connectivity index (χ2v) is 23.9. The Labute approximate surface area is 487 Å². The number of aromatic amines is 2. The number of rotatable bonds is 17. The number of nitrogens with one attached hydrogen (secondary N) is 4. The van der Waals surface area contributed by atoms with E-state index in [1.165, 1.54) is 21.8 Å². The Balaban J connectivity index is 0.798. The molecule has 85 heavy (non-hydrogen) atoms. The number of hydrogen-bond donors (Lipinski definition) is 6. The fraction of sp³-hybridized carbons (Fsp3) is 0.429. The van der Waals surface area contributed by atoms with Gasteiger partial charge in [0.15, 0.2) is 11.3 Å². The molecule has 0 radical (unpaired) electrons. The molecule has 22 heteroatoms. The van der Waals surface area contributed by atoms with Crippen LogP contribution in [-0.4, -0.2) is 141 Å². The molecule has 440 valence electrons. The number of fused-ring (bicyclic) bond motifs is 7. The van der Waals surface area contributed by atoms with Gasteiger partial charge in [0.2, 0.25) is 11.8 Å². The molecule has 4 aromatic carbocycles. The second kappa shape index (κ2) is 22.0. The van der Waals surface area contributed by atoms with Crippen LogP contribution in [0, 0.1) is 18.7 Å². The lowest BCUT2D eigenvalue weighted by Gasteiger charge is -2.31. The molecule has 2 bridgehead atoms. The fourth-order valence-corrected chi connectivity index (χ4v) is 13.6. The first-order chi connectivity index (χ1) is 41.3. The number of hydrogen-bond acceptors (Lipinski definition) is 15. The largest absolute Gasteiger partial charge is 0.486 e. The minimum Gasteiger partial charge on any atom is -0.486 e. The number of H-pyrrole nitrogens is 2. The van der Waals surface area contributed by atoms with Crippen LogP contribution in [0.5, 0.6) is 11.8 Å². The number of likely N-dealkylation sites (tertiary alicyclic amines) is 1. The van der Waals surface area contributed by atoms with Gasteiger partial charge in [-0.05, 0) is 109 Å².